The van der Waals surface area contributed by atoms with Gasteiger partial charge in [-0.15, -0.1) is 0 Å². The van der Waals surface area contributed by atoms with E-state index in [1.807, 2.05) is 6.07 Å². The lowest BCUT2D eigenvalue weighted by atomic mass is 9.83. The lowest BCUT2D eigenvalue weighted by Gasteiger charge is -2.64. The molecular weight excluding hydrogens is 596 g/mol. The van der Waals surface area contributed by atoms with Crippen molar-refractivity contribution in [3.05, 3.63) is 72.1 Å². The summed E-state index contributed by atoms with van der Waals surface area (Å²) in [5, 5.41) is 15.5. The fraction of sp³-hybridized carbons (Fsp3) is 0.438. The van der Waals surface area contributed by atoms with Gasteiger partial charge in [0.05, 0.1) is 24.5 Å². The molecule has 8 N–H and O–H groups in total. The molecule has 3 atom stereocenters. The maximum atomic E-state index is 13.9. The number of carbonyl (C=O) groups is 1. The molecule has 0 radical (unpaired) electrons. The molecule has 3 aliphatic heterocycles. The Bertz CT molecular complexity index is 1480. The number of rotatable bonds is 13. The van der Waals surface area contributed by atoms with Crippen molar-refractivity contribution < 1.29 is 23.4 Å². The number of methoxy groups -OCH3 is 1. The van der Waals surface area contributed by atoms with Crippen LogP contribution in [0.4, 0.5) is 25.8 Å². The third kappa shape index (κ3) is 7.25. The minimum Gasteiger partial charge on any atom is -0.494 e. The summed E-state index contributed by atoms with van der Waals surface area (Å²) in [6.07, 6.45) is 4.77. The zero-order valence-electron chi connectivity index (χ0n) is 26.2. The van der Waals surface area contributed by atoms with Gasteiger partial charge in [0.15, 0.2) is 0 Å². The largest absolute Gasteiger partial charge is 0.494 e. The monoisotopic (exact) mass is 639 g/mol. The first kappa shape index (κ1) is 33.1. The number of likely N-dealkylation sites (tertiary alicyclic amines) is 2. The number of nitrogens with zero attached hydrogens (tertiary/aromatic N) is 4. The predicted octanol–water partition coefficient (Wildman–Crippen LogP) is 2.07. The van der Waals surface area contributed by atoms with Crippen LogP contribution in [0.15, 0.2) is 59.9 Å². The van der Waals surface area contributed by atoms with Gasteiger partial charge in [0.1, 0.15) is 34.7 Å². The van der Waals surface area contributed by atoms with Gasteiger partial charge in [0.25, 0.3) is 0 Å². The number of hydrazine groups is 1. The number of benzene rings is 2. The first-order chi connectivity index (χ1) is 22.1. The van der Waals surface area contributed by atoms with Gasteiger partial charge in [0, 0.05) is 69.1 Å². The highest BCUT2D eigenvalue weighted by Gasteiger charge is 2.51. The number of nitrogens with one attached hydrogen (secondary N) is 3. The van der Waals surface area contributed by atoms with Crippen molar-refractivity contribution in [3.63, 3.8) is 0 Å². The summed E-state index contributed by atoms with van der Waals surface area (Å²) in [4.78, 5) is 24.2. The van der Waals surface area contributed by atoms with E-state index in [0.29, 0.717) is 35.2 Å². The van der Waals surface area contributed by atoms with E-state index in [0.717, 1.165) is 50.8 Å². The number of hydrogen-bond acceptors (Lipinski definition) is 10. The number of amidine groups is 1. The smallest absolute Gasteiger partial charge is 0.247 e. The molecule has 2 aromatic rings. The number of aliphatic imine (C=N–C) groups is 1. The van der Waals surface area contributed by atoms with Crippen molar-refractivity contribution in [2.24, 2.45) is 16.6 Å². The van der Waals surface area contributed by atoms with Gasteiger partial charge >= 0.3 is 0 Å². The predicted molar refractivity (Wildman–Crippen MR) is 175 cm³/mol. The van der Waals surface area contributed by atoms with Crippen molar-refractivity contribution in [3.8, 4) is 5.75 Å². The second-order valence-electron chi connectivity index (χ2n) is 11.9. The molecule has 14 heteroatoms. The summed E-state index contributed by atoms with van der Waals surface area (Å²) in [7, 11) is 3.71. The van der Waals surface area contributed by atoms with Gasteiger partial charge in [-0.1, -0.05) is 6.58 Å². The van der Waals surface area contributed by atoms with E-state index in [1.165, 1.54) is 31.4 Å². The standard InChI is InChI=1S/C32H43F2N9O3/c1-4-32(45)39-24-14-25(37-30(35)16-31(40-36)38-23(7-10-44)19-11-20(33)13-21(34)12-19)29(46-3)15-26(24)42-8-5-22(6-9-42)43-18-27-28(43)17-41(27)2/h4,11-16,22-23,27-28,38,40,44H,1,5-10,17-18,36H2,2-3H3,(H2,35,37)(H,39,45)/b31-16-/t23-,27-,28?/m1/s1. The van der Waals surface area contributed by atoms with Crippen LogP contribution in [0.2, 0.25) is 0 Å². The second kappa shape index (κ2) is 14.5. The summed E-state index contributed by atoms with van der Waals surface area (Å²) in [5.41, 5.74) is 10.7. The van der Waals surface area contributed by atoms with Gasteiger partial charge in [-0.25, -0.2) is 19.6 Å². The molecule has 3 saturated heterocycles. The number of piperazine rings is 1. The molecule has 0 spiro atoms. The molecule has 2 aromatic carbocycles. The molecule has 0 saturated carbocycles. The molecule has 0 aliphatic carbocycles. The van der Waals surface area contributed by atoms with Crippen LogP contribution in [-0.2, 0) is 4.79 Å². The third-order valence-corrected chi connectivity index (χ3v) is 9.06. The van der Waals surface area contributed by atoms with Crippen LogP contribution in [0.25, 0.3) is 0 Å². The van der Waals surface area contributed by atoms with E-state index >= 15 is 0 Å². The highest BCUT2D eigenvalue weighted by Crippen LogP contribution is 2.41. The Morgan fingerprint density at radius 3 is 2.46 bits per heavy atom. The lowest BCUT2D eigenvalue weighted by molar-refractivity contribution is -0.134. The molecule has 1 amide bonds. The lowest BCUT2D eigenvalue weighted by Crippen LogP contribution is -2.79. The highest BCUT2D eigenvalue weighted by molar-refractivity contribution is 6.02. The molecule has 0 bridgehead atoms. The Labute approximate surface area is 267 Å². The summed E-state index contributed by atoms with van der Waals surface area (Å²) < 4.78 is 33.5. The van der Waals surface area contributed by atoms with Crippen LogP contribution in [0, 0.1) is 11.6 Å². The summed E-state index contributed by atoms with van der Waals surface area (Å²) >= 11 is 0. The Morgan fingerprint density at radius 1 is 1.17 bits per heavy atom. The quantitative estimate of drug-likeness (QED) is 0.0631. The topological polar surface area (TPSA) is 157 Å². The SMILES string of the molecule is C=CC(=O)Nc1cc(N=C(N)/C=C(\NN)N[C@H](CCO)c2cc(F)cc(F)c2)c(OC)cc1N1CCC(N2C[C@@H]3C2CN3C)CC1. The molecule has 3 aliphatic rings. The average Bonchev–Trinajstić information content (AvgIpc) is 3.02. The zero-order valence-corrected chi connectivity index (χ0v) is 26.2. The summed E-state index contributed by atoms with van der Waals surface area (Å²) in [6.45, 7) is 7.24. The number of nitrogens with two attached hydrogens (primary N) is 2. The molecule has 0 aromatic heterocycles. The van der Waals surface area contributed by atoms with E-state index < -0.39 is 17.7 Å². The minimum atomic E-state index is -0.748. The van der Waals surface area contributed by atoms with E-state index in [2.05, 4.69) is 49.4 Å². The van der Waals surface area contributed by atoms with Crippen molar-refractivity contribution in [1.82, 2.24) is 20.5 Å². The van der Waals surface area contributed by atoms with Crippen molar-refractivity contribution >= 4 is 28.8 Å². The minimum absolute atomic E-state index is 0.0102. The molecule has 248 valence electrons. The molecule has 12 nitrogen and oxygen atoms in total. The average molecular weight is 640 g/mol. The van der Waals surface area contributed by atoms with E-state index in [-0.39, 0.29) is 36.2 Å². The van der Waals surface area contributed by atoms with Crippen LogP contribution in [-0.4, -0.2) is 91.7 Å². The second-order valence-corrected chi connectivity index (χ2v) is 11.9. The Balaban J connectivity index is 1.36. The van der Waals surface area contributed by atoms with Crippen LogP contribution in [0.3, 0.4) is 0 Å². The molecule has 3 heterocycles. The first-order valence-corrected chi connectivity index (χ1v) is 15.4. The van der Waals surface area contributed by atoms with Gasteiger partial charge in [-0.2, -0.15) is 0 Å². The van der Waals surface area contributed by atoms with Crippen molar-refractivity contribution in [2.75, 3.05) is 57.2 Å². The fourth-order valence-electron chi connectivity index (χ4n) is 6.58. The maximum Gasteiger partial charge on any atom is 0.247 e. The number of carbonyl (C=O) groups excluding carboxylic acids is 1. The Hall–Kier alpha value is -4.24. The molecule has 3 fully saturated rings. The van der Waals surface area contributed by atoms with Crippen molar-refractivity contribution in [1.29, 1.82) is 0 Å². The number of halogens is 2. The van der Waals surface area contributed by atoms with E-state index in [9.17, 15) is 18.7 Å². The number of hydrogen-bond donors (Lipinski definition) is 6. The van der Waals surface area contributed by atoms with E-state index in [1.54, 1.807) is 6.07 Å². The first-order valence-electron chi connectivity index (χ1n) is 15.4. The Morgan fingerprint density at radius 2 is 1.89 bits per heavy atom. The molecule has 46 heavy (non-hydrogen) atoms. The highest BCUT2D eigenvalue weighted by atomic mass is 19.1. The summed E-state index contributed by atoms with van der Waals surface area (Å²) in [5.74, 6) is 4.49. The number of likely N-dealkylation sites (N-methyl/N-ethyl adjacent to an activating group) is 1. The summed E-state index contributed by atoms with van der Waals surface area (Å²) in [6, 6.07) is 7.87. The number of aliphatic hydroxyl groups is 1. The number of ether oxygens (including phenoxy) is 1. The third-order valence-electron chi connectivity index (χ3n) is 9.06. The number of amides is 1. The number of piperidine rings is 1. The van der Waals surface area contributed by atoms with Crippen LogP contribution in [0.1, 0.15) is 30.9 Å². The van der Waals surface area contributed by atoms with E-state index in [4.69, 9.17) is 16.3 Å². The zero-order chi connectivity index (χ0) is 33.0. The van der Waals surface area contributed by atoms with Crippen LogP contribution < -0.4 is 37.3 Å². The fourth-order valence-corrected chi connectivity index (χ4v) is 6.58. The van der Waals surface area contributed by atoms with Gasteiger partial charge in [-0.05, 0) is 56.1 Å². The normalized spacial score (nSPS) is 21.5. The Kier molecular flexibility index (Phi) is 10.4. The number of aliphatic hydroxyl groups excluding tert-OH is 1. The van der Waals surface area contributed by atoms with Gasteiger partial charge in [-0.3, -0.25) is 14.6 Å². The van der Waals surface area contributed by atoms with Crippen molar-refractivity contribution in [2.45, 2.75) is 43.4 Å². The van der Waals surface area contributed by atoms with Gasteiger partial charge < -0.3 is 36.5 Å². The number of anilines is 2. The molecular formula is C32H43F2N9O3. The maximum absolute atomic E-state index is 13.9. The van der Waals surface area contributed by atoms with Crippen LogP contribution in [0.5, 0.6) is 5.75 Å². The van der Waals surface area contributed by atoms with Gasteiger partial charge in [0.2, 0.25) is 5.91 Å². The number of fused-ring (bicyclic) bond motifs is 1. The molecule has 1 unspecified atom stereocenters. The van der Waals surface area contributed by atoms with Crippen LogP contribution >= 0.6 is 0 Å². The molecule has 5 rings (SSSR count).